The minimum Gasteiger partial charge on any atom is -0.377 e. The molecule has 1 aliphatic carbocycles. The van der Waals surface area contributed by atoms with Crippen molar-refractivity contribution in [3.05, 3.63) is 0 Å². The SMILES string of the molecule is CCCNC1(C(N)=O)CCCC(N2CCCOC(C)C2)C1. The molecule has 1 saturated carbocycles. The second-order valence-electron chi connectivity index (χ2n) is 6.65. The Kier molecular flexibility index (Phi) is 6.02. The van der Waals surface area contributed by atoms with Crippen LogP contribution in [0.3, 0.4) is 0 Å². The third-order valence-electron chi connectivity index (χ3n) is 4.91. The highest BCUT2D eigenvalue weighted by Gasteiger charge is 2.42. The topological polar surface area (TPSA) is 67.6 Å². The van der Waals surface area contributed by atoms with Crippen molar-refractivity contribution in [2.75, 3.05) is 26.2 Å². The number of nitrogens with one attached hydrogen (secondary N) is 1. The molecule has 0 aromatic rings. The molecule has 0 radical (unpaired) electrons. The Hall–Kier alpha value is -0.650. The quantitative estimate of drug-likeness (QED) is 0.802. The van der Waals surface area contributed by atoms with E-state index in [4.69, 9.17) is 10.5 Å². The van der Waals surface area contributed by atoms with Crippen LogP contribution in [0.5, 0.6) is 0 Å². The Balaban J connectivity index is 2.05. The Morgan fingerprint density at radius 2 is 2.29 bits per heavy atom. The van der Waals surface area contributed by atoms with Crippen LogP contribution in [0, 0.1) is 0 Å². The van der Waals surface area contributed by atoms with Gasteiger partial charge in [0.2, 0.25) is 5.91 Å². The van der Waals surface area contributed by atoms with E-state index in [1.54, 1.807) is 0 Å². The molecule has 0 bridgehead atoms. The molecule has 2 fully saturated rings. The van der Waals surface area contributed by atoms with Crippen LogP contribution in [-0.2, 0) is 9.53 Å². The monoisotopic (exact) mass is 297 g/mol. The predicted molar refractivity (Wildman–Crippen MR) is 84.1 cm³/mol. The van der Waals surface area contributed by atoms with Crippen molar-refractivity contribution in [3.63, 3.8) is 0 Å². The van der Waals surface area contributed by atoms with E-state index in [1.807, 2.05) is 0 Å². The summed E-state index contributed by atoms with van der Waals surface area (Å²) in [7, 11) is 0. The van der Waals surface area contributed by atoms with Crippen molar-refractivity contribution in [3.8, 4) is 0 Å². The average Bonchev–Trinajstić information content (AvgIpc) is 2.70. The van der Waals surface area contributed by atoms with Gasteiger partial charge >= 0.3 is 0 Å². The Labute approximate surface area is 128 Å². The standard InChI is InChI=1S/C16H31N3O2/c1-3-8-18-16(15(17)20)7-4-6-14(11-16)19-9-5-10-21-13(2)12-19/h13-14,18H,3-12H2,1-2H3,(H2,17,20). The number of hydrogen-bond donors (Lipinski definition) is 2. The third kappa shape index (κ3) is 4.18. The molecule has 2 aliphatic rings. The lowest BCUT2D eigenvalue weighted by Crippen LogP contribution is -2.61. The first-order valence-electron chi connectivity index (χ1n) is 8.48. The lowest BCUT2D eigenvalue weighted by Gasteiger charge is -2.43. The van der Waals surface area contributed by atoms with E-state index in [2.05, 4.69) is 24.1 Å². The molecule has 1 amide bonds. The molecule has 0 aromatic carbocycles. The van der Waals surface area contributed by atoms with Gasteiger partial charge in [0.1, 0.15) is 0 Å². The molecule has 5 heteroatoms. The Morgan fingerprint density at radius 3 is 3.00 bits per heavy atom. The van der Waals surface area contributed by atoms with Gasteiger partial charge in [-0.3, -0.25) is 9.69 Å². The fourth-order valence-corrected chi connectivity index (χ4v) is 3.75. The summed E-state index contributed by atoms with van der Waals surface area (Å²) in [6.07, 6.45) is 6.32. The van der Waals surface area contributed by atoms with Crippen molar-refractivity contribution < 1.29 is 9.53 Å². The molecule has 1 aliphatic heterocycles. The van der Waals surface area contributed by atoms with Crippen molar-refractivity contribution in [1.82, 2.24) is 10.2 Å². The van der Waals surface area contributed by atoms with Crippen LogP contribution in [0.25, 0.3) is 0 Å². The molecule has 2 rings (SSSR count). The molecule has 1 saturated heterocycles. The van der Waals surface area contributed by atoms with Crippen molar-refractivity contribution in [2.45, 2.75) is 70.1 Å². The largest absolute Gasteiger partial charge is 0.377 e. The smallest absolute Gasteiger partial charge is 0.237 e. The van der Waals surface area contributed by atoms with Gasteiger partial charge < -0.3 is 15.8 Å². The zero-order valence-electron chi connectivity index (χ0n) is 13.6. The van der Waals surface area contributed by atoms with E-state index in [0.29, 0.717) is 6.04 Å². The number of amides is 1. The highest BCUT2D eigenvalue weighted by Crippen LogP contribution is 2.32. The minimum absolute atomic E-state index is 0.181. The van der Waals surface area contributed by atoms with E-state index in [1.165, 1.54) is 0 Å². The normalized spacial score (nSPS) is 35.3. The van der Waals surface area contributed by atoms with Gasteiger partial charge in [0.15, 0.2) is 0 Å². The lowest BCUT2D eigenvalue weighted by molar-refractivity contribution is -0.126. The summed E-state index contributed by atoms with van der Waals surface area (Å²) in [4.78, 5) is 14.6. The molecular weight excluding hydrogens is 266 g/mol. The molecule has 5 nitrogen and oxygen atoms in total. The van der Waals surface area contributed by atoms with E-state index in [0.717, 1.165) is 64.8 Å². The molecule has 1 heterocycles. The number of nitrogens with two attached hydrogens (primary N) is 1. The van der Waals surface area contributed by atoms with E-state index in [-0.39, 0.29) is 12.0 Å². The number of primary amides is 1. The summed E-state index contributed by atoms with van der Waals surface area (Å²) in [6.45, 7) is 7.99. The Bertz CT molecular complexity index is 350. The molecule has 3 N–H and O–H groups in total. The van der Waals surface area contributed by atoms with E-state index >= 15 is 0 Å². The highest BCUT2D eigenvalue weighted by atomic mass is 16.5. The fraction of sp³-hybridized carbons (Fsp3) is 0.938. The predicted octanol–water partition coefficient (Wildman–Crippen LogP) is 1.26. The number of nitrogens with zero attached hydrogens (tertiary/aromatic N) is 1. The molecule has 3 unspecified atom stereocenters. The van der Waals surface area contributed by atoms with Gasteiger partial charge in [-0.25, -0.2) is 0 Å². The Morgan fingerprint density at radius 1 is 1.48 bits per heavy atom. The van der Waals surface area contributed by atoms with Crippen molar-refractivity contribution in [1.29, 1.82) is 0 Å². The average molecular weight is 297 g/mol. The van der Waals surface area contributed by atoms with Crippen molar-refractivity contribution >= 4 is 5.91 Å². The third-order valence-corrected chi connectivity index (χ3v) is 4.91. The first-order chi connectivity index (χ1) is 10.1. The van der Waals surface area contributed by atoms with Gasteiger partial charge in [0, 0.05) is 25.7 Å². The molecule has 122 valence electrons. The van der Waals surface area contributed by atoms with Gasteiger partial charge in [0.25, 0.3) is 0 Å². The minimum atomic E-state index is -0.505. The maximum Gasteiger partial charge on any atom is 0.237 e. The summed E-state index contributed by atoms with van der Waals surface area (Å²) < 4.78 is 5.74. The molecule has 0 spiro atoms. The first kappa shape index (κ1) is 16.7. The van der Waals surface area contributed by atoms with E-state index in [9.17, 15) is 4.79 Å². The summed E-state index contributed by atoms with van der Waals surface area (Å²) in [6, 6.07) is 0.444. The van der Waals surface area contributed by atoms with E-state index < -0.39 is 5.54 Å². The molecular formula is C16H31N3O2. The zero-order chi connectivity index (χ0) is 15.3. The lowest BCUT2D eigenvalue weighted by atomic mass is 9.77. The summed E-state index contributed by atoms with van der Waals surface area (Å²) in [5.74, 6) is -0.181. The second kappa shape index (κ2) is 7.56. The van der Waals surface area contributed by atoms with Crippen LogP contribution in [0.4, 0.5) is 0 Å². The number of carbonyl (C=O) groups excluding carboxylic acids is 1. The number of hydrogen-bond acceptors (Lipinski definition) is 4. The van der Waals surface area contributed by atoms with Gasteiger partial charge in [-0.2, -0.15) is 0 Å². The zero-order valence-corrected chi connectivity index (χ0v) is 13.6. The van der Waals surface area contributed by atoms with Crippen LogP contribution in [0.1, 0.15) is 52.4 Å². The summed E-state index contributed by atoms with van der Waals surface area (Å²) >= 11 is 0. The fourth-order valence-electron chi connectivity index (χ4n) is 3.75. The molecule has 3 atom stereocenters. The second-order valence-corrected chi connectivity index (χ2v) is 6.65. The van der Waals surface area contributed by atoms with Crippen LogP contribution in [-0.4, -0.2) is 54.7 Å². The van der Waals surface area contributed by atoms with Crippen LogP contribution in [0.2, 0.25) is 0 Å². The maximum atomic E-state index is 12.1. The number of ether oxygens (including phenoxy) is 1. The van der Waals surface area contributed by atoms with Gasteiger partial charge in [-0.1, -0.05) is 6.92 Å². The van der Waals surface area contributed by atoms with Crippen molar-refractivity contribution in [2.24, 2.45) is 5.73 Å². The van der Waals surface area contributed by atoms with Gasteiger partial charge in [0.05, 0.1) is 11.6 Å². The van der Waals surface area contributed by atoms with Crippen LogP contribution < -0.4 is 11.1 Å². The number of carbonyl (C=O) groups is 1. The highest BCUT2D eigenvalue weighted by molar-refractivity contribution is 5.84. The van der Waals surface area contributed by atoms with Crippen LogP contribution in [0.15, 0.2) is 0 Å². The summed E-state index contributed by atoms with van der Waals surface area (Å²) in [5.41, 5.74) is 5.24. The summed E-state index contributed by atoms with van der Waals surface area (Å²) in [5, 5.41) is 3.45. The molecule has 0 aromatic heterocycles. The first-order valence-corrected chi connectivity index (χ1v) is 8.48. The maximum absolute atomic E-state index is 12.1. The number of rotatable bonds is 5. The van der Waals surface area contributed by atoms with Gasteiger partial charge in [-0.15, -0.1) is 0 Å². The van der Waals surface area contributed by atoms with Crippen LogP contribution >= 0.6 is 0 Å². The molecule has 21 heavy (non-hydrogen) atoms. The van der Waals surface area contributed by atoms with Gasteiger partial charge in [-0.05, 0) is 52.0 Å².